The van der Waals surface area contributed by atoms with Crippen molar-refractivity contribution >= 4 is 11.7 Å². The van der Waals surface area contributed by atoms with Crippen LogP contribution in [0.4, 0.5) is 0 Å². The van der Waals surface area contributed by atoms with Gasteiger partial charge in [0.15, 0.2) is 11.5 Å². The minimum atomic E-state index is -0.207. The van der Waals surface area contributed by atoms with E-state index in [1.54, 1.807) is 21.9 Å². The quantitative estimate of drug-likeness (QED) is 0.797. The third kappa shape index (κ3) is 2.88. The number of amides is 1. The van der Waals surface area contributed by atoms with Crippen molar-refractivity contribution in [1.29, 1.82) is 0 Å². The highest BCUT2D eigenvalue weighted by molar-refractivity contribution is 5.97. The molecule has 1 aliphatic carbocycles. The van der Waals surface area contributed by atoms with Crippen molar-refractivity contribution in [3.05, 3.63) is 35.2 Å². The second kappa shape index (κ2) is 6.46. The summed E-state index contributed by atoms with van der Waals surface area (Å²) in [5, 5.41) is 4.04. The molecule has 132 valence electrons. The van der Waals surface area contributed by atoms with Crippen LogP contribution in [0, 0.1) is 5.92 Å². The average molecular weight is 342 g/mol. The van der Waals surface area contributed by atoms with Gasteiger partial charge in [-0.1, -0.05) is 5.16 Å². The molecule has 0 unspecified atom stereocenters. The van der Waals surface area contributed by atoms with Crippen LogP contribution in [0.15, 0.2) is 16.9 Å². The van der Waals surface area contributed by atoms with Crippen LogP contribution in [-0.2, 0) is 19.9 Å². The van der Waals surface area contributed by atoms with Crippen LogP contribution >= 0.6 is 0 Å². The lowest BCUT2D eigenvalue weighted by atomic mass is 9.92. The Morgan fingerprint density at radius 1 is 1.24 bits per heavy atom. The molecule has 0 N–H and O–H groups in total. The van der Waals surface area contributed by atoms with Gasteiger partial charge in [-0.3, -0.25) is 9.59 Å². The Bertz CT molecular complexity index is 807. The number of hydrogen-bond donors (Lipinski definition) is 0. The molecule has 0 bridgehead atoms. The van der Waals surface area contributed by atoms with Crippen LogP contribution in [0.5, 0.6) is 0 Å². The lowest BCUT2D eigenvalue weighted by Crippen LogP contribution is -2.43. The average Bonchev–Trinajstić information content (AvgIpc) is 3.27. The first-order valence-electron chi connectivity index (χ1n) is 8.93. The predicted molar refractivity (Wildman–Crippen MR) is 89.3 cm³/mol. The fourth-order valence-electron chi connectivity index (χ4n) is 3.86. The van der Waals surface area contributed by atoms with E-state index in [0.717, 1.165) is 49.8 Å². The van der Waals surface area contributed by atoms with E-state index in [1.807, 2.05) is 7.05 Å². The van der Waals surface area contributed by atoms with Crippen molar-refractivity contribution < 1.29 is 14.1 Å². The number of aromatic nitrogens is 3. The Morgan fingerprint density at radius 2 is 2.08 bits per heavy atom. The smallest absolute Gasteiger partial charge is 0.276 e. The predicted octanol–water partition coefficient (Wildman–Crippen LogP) is 2.02. The summed E-state index contributed by atoms with van der Waals surface area (Å²) in [5.74, 6) is 1.00. The van der Waals surface area contributed by atoms with Gasteiger partial charge in [-0.15, -0.1) is 0 Å². The number of rotatable bonds is 3. The third-order valence-corrected chi connectivity index (χ3v) is 5.27. The number of imidazole rings is 1. The second-order valence-electron chi connectivity index (χ2n) is 6.96. The highest BCUT2D eigenvalue weighted by Gasteiger charge is 2.34. The van der Waals surface area contributed by atoms with Crippen LogP contribution in [0.2, 0.25) is 0 Å². The molecule has 0 aromatic carbocycles. The van der Waals surface area contributed by atoms with Crippen molar-refractivity contribution in [1.82, 2.24) is 19.6 Å². The molecular weight excluding hydrogens is 320 g/mol. The van der Waals surface area contributed by atoms with Gasteiger partial charge in [0.05, 0.1) is 0 Å². The van der Waals surface area contributed by atoms with Crippen molar-refractivity contribution in [3.63, 3.8) is 0 Å². The fourth-order valence-corrected chi connectivity index (χ4v) is 3.86. The summed E-state index contributed by atoms with van der Waals surface area (Å²) in [4.78, 5) is 31.5. The number of hydrogen-bond acceptors (Lipinski definition) is 5. The highest BCUT2D eigenvalue weighted by Crippen LogP contribution is 2.27. The Balaban J connectivity index is 1.51. The summed E-state index contributed by atoms with van der Waals surface area (Å²) in [6, 6.07) is 0. The van der Waals surface area contributed by atoms with Gasteiger partial charge >= 0.3 is 0 Å². The number of Topliss-reactive ketones (excluding diaryl/α,β-unsaturated/α-hetero) is 1. The van der Waals surface area contributed by atoms with E-state index < -0.39 is 0 Å². The molecule has 7 heteroatoms. The first-order valence-corrected chi connectivity index (χ1v) is 8.93. The number of carbonyl (C=O) groups excluding carboxylic acids is 2. The van der Waals surface area contributed by atoms with E-state index in [-0.39, 0.29) is 17.6 Å². The molecule has 0 spiro atoms. The Kier molecular flexibility index (Phi) is 4.15. The highest BCUT2D eigenvalue weighted by atomic mass is 16.5. The minimum absolute atomic E-state index is 0.00665. The molecule has 3 heterocycles. The monoisotopic (exact) mass is 342 g/mol. The van der Waals surface area contributed by atoms with E-state index in [9.17, 15) is 9.59 Å². The number of aryl methyl sites for hydroxylation is 2. The number of likely N-dealkylation sites (tertiary alicyclic amines) is 1. The second-order valence-corrected chi connectivity index (χ2v) is 6.96. The van der Waals surface area contributed by atoms with Crippen molar-refractivity contribution in [2.24, 2.45) is 13.0 Å². The van der Waals surface area contributed by atoms with E-state index in [2.05, 4.69) is 10.1 Å². The molecule has 1 aliphatic heterocycles. The van der Waals surface area contributed by atoms with Gasteiger partial charge in [-0.2, -0.15) is 0 Å². The molecule has 0 saturated carbocycles. The number of ketones is 1. The lowest BCUT2D eigenvalue weighted by Gasteiger charge is -2.31. The summed E-state index contributed by atoms with van der Waals surface area (Å²) >= 11 is 0. The van der Waals surface area contributed by atoms with E-state index >= 15 is 0 Å². The molecule has 1 saturated heterocycles. The normalized spacial score (nSPS) is 20.4. The molecule has 2 aliphatic rings. The Hall–Kier alpha value is -2.44. The van der Waals surface area contributed by atoms with Gasteiger partial charge < -0.3 is 14.0 Å². The molecular formula is C18H22N4O3. The first-order chi connectivity index (χ1) is 12.1. The van der Waals surface area contributed by atoms with Gasteiger partial charge in [0.2, 0.25) is 5.78 Å². The number of fused-ring (bicyclic) bond motifs is 1. The number of carbonyl (C=O) groups is 2. The van der Waals surface area contributed by atoms with Crippen LogP contribution in [0.3, 0.4) is 0 Å². The molecule has 4 rings (SSSR count). The molecule has 1 fully saturated rings. The van der Waals surface area contributed by atoms with Crippen LogP contribution in [0.25, 0.3) is 0 Å². The molecule has 0 radical (unpaired) electrons. The van der Waals surface area contributed by atoms with Crippen molar-refractivity contribution in [3.8, 4) is 0 Å². The summed E-state index contributed by atoms with van der Waals surface area (Å²) in [6.45, 7) is 1.08. The maximum Gasteiger partial charge on any atom is 0.276 e. The molecule has 1 amide bonds. The molecule has 2 aromatic rings. The van der Waals surface area contributed by atoms with Gasteiger partial charge in [0, 0.05) is 50.4 Å². The number of nitrogens with zero attached hydrogens (tertiary/aromatic N) is 4. The third-order valence-electron chi connectivity index (χ3n) is 5.27. The lowest BCUT2D eigenvalue weighted by molar-refractivity contribution is 0.0624. The first kappa shape index (κ1) is 16.1. The maximum absolute atomic E-state index is 12.9. The zero-order chi connectivity index (χ0) is 17.4. The van der Waals surface area contributed by atoms with E-state index in [4.69, 9.17) is 4.52 Å². The zero-order valence-corrected chi connectivity index (χ0v) is 14.4. The van der Waals surface area contributed by atoms with Crippen molar-refractivity contribution in [2.45, 2.75) is 38.5 Å². The van der Waals surface area contributed by atoms with Gasteiger partial charge in [0.25, 0.3) is 5.91 Å². The molecule has 1 atom stereocenters. The van der Waals surface area contributed by atoms with E-state index in [1.165, 1.54) is 0 Å². The minimum Gasteiger partial charge on any atom is -0.360 e. The maximum atomic E-state index is 12.9. The van der Waals surface area contributed by atoms with Crippen LogP contribution in [0.1, 0.15) is 58.1 Å². The topological polar surface area (TPSA) is 81.2 Å². The zero-order valence-electron chi connectivity index (χ0n) is 14.4. The standard InChI is InChI=1S/C18H22N4O3/c1-21-10-8-19-17(21)16(23)12-5-4-9-22(11-12)18(24)15-13-6-2-3-7-14(13)25-20-15/h8,10,12H,2-7,9,11H2,1H3/t12-/m0/s1. The molecule has 25 heavy (non-hydrogen) atoms. The summed E-state index contributed by atoms with van der Waals surface area (Å²) in [5.41, 5.74) is 1.41. The number of piperidine rings is 1. The summed E-state index contributed by atoms with van der Waals surface area (Å²) in [6.07, 6.45) is 8.84. The fraction of sp³-hybridized carbons (Fsp3) is 0.556. The van der Waals surface area contributed by atoms with Crippen molar-refractivity contribution in [2.75, 3.05) is 13.1 Å². The largest absolute Gasteiger partial charge is 0.360 e. The summed E-state index contributed by atoms with van der Waals surface area (Å²) < 4.78 is 7.10. The summed E-state index contributed by atoms with van der Waals surface area (Å²) in [7, 11) is 1.81. The van der Waals surface area contributed by atoms with Gasteiger partial charge in [0.1, 0.15) is 5.76 Å². The van der Waals surface area contributed by atoms with Gasteiger partial charge in [-0.05, 0) is 32.1 Å². The Morgan fingerprint density at radius 3 is 2.88 bits per heavy atom. The van der Waals surface area contributed by atoms with Crippen LogP contribution in [-0.4, -0.2) is 44.4 Å². The van der Waals surface area contributed by atoms with Crippen LogP contribution < -0.4 is 0 Å². The van der Waals surface area contributed by atoms with E-state index in [0.29, 0.717) is 24.6 Å². The molecule has 7 nitrogen and oxygen atoms in total. The van der Waals surface area contributed by atoms with Gasteiger partial charge in [-0.25, -0.2) is 4.98 Å². The SMILES string of the molecule is Cn1ccnc1C(=O)[C@H]1CCCN(C(=O)c2noc3c2CCCC3)C1. The molecule has 2 aromatic heterocycles. The Labute approximate surface area is 146 Å².